The third-order valence-electron chi connectivity index (χ3n) is 5.71. The van der Waals surface area contributed by atoms with Gasteiger partial charge in [-0.15, -0.1) is 10.2 Å². The number of aliphatic hydroxyl groups excluding tert-OH is 1. The first-order valence-electron chi connectivity index (χ1n) is 9.71. The van der Waals surface area contributed by atoms with Crippen molar-refractivity contribution < 1.29 is 10.2 Å². The van der Waals surface area contributed by atoms with Crippen LogP contribution in [0.4, 0.5) is 11.5 Å². The van der Waals surface area contributed by atoms with Crippen LogP contribution < -0.4 is 5.32 Å². The summed E-state index contributed by atoms with van der Waals surface area (Å²) >= 11 is 0. The summed E-state index contributed by atoms with van der Waals surface area (Å²) in [6.45, 7) is 7.09. The van der Waals surface area contributed by atoms with Gasteiger partial charge in [0, 0.05) is 11.1 Å². The summed E-state index contributed by atoms with van der Waals surface area (Å²) in [6, 6.07) is 4.95. The minimum atomic E-state index is -0.343. The lowest BCUT2D eigenvalue weighted by molar-refractivity contribution is 0.116. The van der Waals surface area contributed by atoms with Gasteiger partial charge < -0.3 is 15.5 Å². The largest absolute Gasteiger partial charge is 0.509 e. The van der Waals surface area contributed by atoms with E-state index in [2.05, 4.69) is 20.4 Å². The van der Waals surface area contributed by atoms with E-state index in [1.165, 1.54) is 6.07 Å². The van der Waals surface area contributed by atoms with E-state index in [9.17, 15) is 10.2 Å². The molecule has 1 saturated carbocycles. The van der Waals surface area contributed by atoms with E-state index in [1.807, 2.05) is 0 Å². The second-order valence-electron chi connectivity index (χ2n) is 7.48. The molecule has 27 heavy (non-hydrogen) atoms. The van der Waals surface area contributed by atoms with Crippen LogP contribution in [0.15, 0.2) is 18.2 Å². The lowest BCUT2D eigenvalue weighted by Crippen LogP contribution is -2.37. The van der Waals surface area contributed by atoms with Gasteiger partial charge in [-0.25, -0.2) is 4.85 Å². The maximum Gasteiger partial charge on any atom is 0.190 e. The molecule has 140 valence electrons. The highest BCUT2D eigenvalue weighted by atomic mass is 16.3. The summed E-state index contributed by atoms with van der Waals surface area (Å²) in [5, 5.41) is 33.0. The summed E-state index contributed by atoms with van der Waals surface area (Å²) in [4.78, 5) is 3.36. The van der Waals surface area contributed by atoms with Crippen LogP contribution in [0, 0.1) is 6.57 Å². The van der Waals surface area contributed by atoms with Gasteiger partial charge in [0.2, 0.25) is 0 Å². The number of hydrogen-bond acceptors (Lipinski definition) is 5. The average Bonchev–Trinajstić information content (AvgIpc) is 2.70. The lowest BCUT2D eigenvalue weighted by Gasteiger charge is -2.30. The van der Waals surface area contributed by atoms with Crippen LogP contribution in [-0.4, -0.2) is 32.6 Å². The molecule has 6 heteroatoms. The zero-order valence-electron chi connectivity index (χ0n) is 15.3. The van der Waals surface area contributed by atoms with Crippen molar-refractivity contribution in [3.8, 4) is 17.0 Å². The van der Waals surface area contributed by atoms with Crippen molar-refractivity contribution in [1.82, 2.24) is 10.2 Å². The number of phenolic OH excluding ortho intramolecular Hbond substituents is 1. The number of nitrogens with one attached hydrogen (secondary N) is 1. The third kappa shape index (κ3) is 3.47. The Morgan fingerprint density at radius 3 is 2.56 bits per heavy atom. The Hall–Kier alpha value is -2.65. The molecule has 0 bridgehead atoms. The van der Waals surface area contributed by atoms with E-state index < -0.39 is 0 Å². The highest BCUT2D eigenvalue weighted by Gasteiger charge is 2.27. The molecule has 4 rings (SSSR count). The molecule has 2 aliphatic carbocycles. The van der Waals surface area contributed by atoms with E-state index >= 15 is 0 Å². The van der Waals surface area contributed by atoms with Crippen molar-refractivity contribution in [1.29, 1.82) is 0 Å². The van der Waals surface area contributed by atoms with Gasteiger partial charge in [0.05, 0.1) is 18.7 Å². The summed E-state index contributed by atoms with van der Waals surface area (Å²) in [5.41, 5.74) is 4.00. The van der Waals surface area contributed by atoms with Crippen molar-refractivity contribution in [3.63, 3.8) is 0 Å². The summed E-state index contributed by atoms with van der Waals surface area (Å²) in [5.74, 6) is 0.839. The summed E-state index contributed by atoms with van der Waals surface area (Å²) < 4.78 is 0. The summed E-state index contributed by atoms with van der Waals surface area (Å²) in [7, 11) is 0. The molecule has 1 aromatic carbocycles. The molecule has 0 radical (unpaired) electrons. The highest BCUT2D eigenvalue weighted by Crippen LogP contribution is 2.38. The Labute approximate surface area is 159 Å². The van der Waals surface area contributed by atoms with Crippen LogP contribution >= 0.6 is 0 Å². The molecule has 1 heterocycles. The molecule has 2 atom stereocenters. The van der Waals surface area contributed by atoms with Gasteiger partial charge in [0.15, 0.2) is 11.5 Å². The van der Waals surface area contributed by atoms with Crippen molar-refractivity contribution >= 4 is 11.5 Å². The van der Waals surface area contributed by atoms with Crippen LogP contribution in [0.5, 0.6) is 5.75 Å². The van der Waals surface area contributed by atoms with E-state index in [-0.39, 0.29) is 17.9 Å². The fraction of sp³-hybridized carbons (Fsp3) is 0.476. The van der Waals surface area contributed by atoms with E-state index in [1.54, 1.807) is 12.1 Å². The Morgan fingerprint density at radius 2 is 1.81 bits per heavy atom. The Morgan fingerprint density at radius 1 is 1.04 bits per heavy atom. The fourth-order valence-electron chi connectivity index (χ4n) is 4.23. The summed E-state index contributed by atoms with van der Waals surface area (Å²) in [6.07, 6.45) is 7.61. The quantitative estimate of drug-likeness (QED) is 0.717. The van der Waals surface area contributed by atoms with Gasteiger partial charge >= 0.3 is 0 Å². The topological polar surface area (TPSA) is 82.6 Å². The molecule has 2 aliphatic rings. The van der Waals surface area contributed by atoms with Gasteiger partial charge in [0.1, 0.15) is 11.4 Å². The number of aromatic nitrogens is 2. The number of nitrogens with zero attached hydrogens (tertiary/aromatic N) is 3. The molecular weight excluding hydrogens is 340 g/mol. The molecule has 1 aromatic heterocycles. The van der Waals surface area contributed by atoms with Crippen molar-refractivity contribution in [3.05, 3.63) is 40.7 Å². The third-order valence-corrected chi connectivity index (χ3v) is 5.71. The molecular formula is C21H24N4O2. The molecule has 1 fully saturated rings. The van der Waals surface area contributed by atoms with Crippen LogP contribution in [-0.2, 0) is 12.8 Å². The fourth-order valence-corrected chi connectivity index (χ4v) is 4.23. The number of rotatable bonds is 3. The van der Waals surface area contributed by atoms with Crippen molar-refractivity contribution in [2.45, 2.75) is 63.5 Å². The Kier molecular flexibility index (Phi) is 4.95. The highest BCUT2D eigenvalue weighted by molar-refractivity contribution is 5.75. The number of benzene rings is 1. The minimum Gasteiger partial charge on any atom is -0.509 e. The zero-order chi connectivity index (χ0) is 18.8. The Balaban J connectivity index is 1.72. The van der Waals surface area contributed by atoms with E-state index in [0.29, 0.717) is 16.9 Å². The van der Waals surface area contributed by atoms with E-state index in [0.717, 1.165) is 68.3 Å². The second kappa shape index (κ2) is 7.53. The first kappa shape index (κ1) is 17.7. The minimum absolute atomic E-state index is 0.0243. The van der Waals surface area contributed by atoms with Gasteiger partial charge in [-0.05, 0) is 50.2 Å². The average molecular weight is 364 g/mol. The molecule has 0 saturated heterocycles. The van der Waals surface area contributed by atoms with Gasteiger partial charge in [-0.1, -0.05) is 25.0 Å². The van der Waals surface area contributed by atoms with Crippen molar-refractivity contribution in [2.75, 3.05) is 5.32 Å². The molecule has 0 aliphatic heterocycles. The Bertz CT molecular complexity index is 890. The van der Waals surface area contributed by atoms with Crippen LogP contribution in [0.3, 0.4) is 0 Å². The standard InChI is InChI=1S/C21H24N4O2/c1-22-13-10-11-16(19(27)12-13)20-14-6-2-3-7-15(14)21(25-24-20)23-17-8-4-5-9-18(17)26/h10-12,17-18,26-27H,2-9H2,(H,23,25)/t17-,18-/m0/s1. The normalized spacial score (nSPS) is 21.9. The van der Waals surface area contributed by atoms with Gasteiger partial charge in [-0.3, -0.25) is 0 Å². The molecule has 0 unspecified atom stereocenters. The molecule has 3 N–H and O–H groups in total. The number of aliphatic hydroxyl groups is 1. The molecule has 2 aromatic rings. The number of hydrogen-bond donors (Lipinski definition) is 3. The number of aromatic hydroxyl groups is 1. The molecule has 0 spiro atoms. The zero-order valence-corrected chi connectivity index (χ0v) is 15.3. The monoisotopic (exact) mass is 364 g/mol. The smallest absolute Gasteiger partial charge is 0.190 e. The maximum absolute atomic E-state index is 10.4. The predicted molar refractivity (Wildman–Crippen MR) is 104 cm³/mol. The number of phenols is 1. The van der Waals surface area contributed by atoms with E-state index in [4.69, 9.17) is 6.57 Å². The predicted octanol–water partition coefficient (Wildman–Crippen LogP) is 3.99. The number of fused-ring (bicyclic) bond motifs is 1. The first-order valence-corrected chi connectivity index (χ1v) is 9.71. The van der Waals surface area contributed by atoms with Crippen LogP contribution in [0.2, 0.25) is 0 Å². The van der Waals surface area contributed by atoms with Crippen LogP contribution in [0.1, 0.15) is 49.7 Å². The maximum atomic E-state index is 10.4. The first-order chi connectivity index (χ1) is 13.2. The van der Waals surface area contributed by atoms with Gasteiger partial charge in [-0.2, -0.15) is 0 Å². The number of anilines is 1. The SMILES string of the molecule is [C-]#[N+]c1ccc(-c2nnc(N[C@H]3CCCC[C@@H]3O)c3c2CCCC3)c(O)c1. The second-order valence-corrected chi connectivity index (χ2v) is 7.48. The van der Waals surface area contributed by atoms with Crippen molar-refractivity contribution in [2.24, 2.45) is 0 Å². The molecule has 0 amide bonds. The lowest BCUT2D eigenvalue weighted by atomic mass is 9.88. The van der Waals surface area contributed by atoms with Gasteiger partial charge in [0.25, 0.3) is 0 Å². The van der Waals surface area contributed by atoms with Crippen LogP contribution in [0.25, 0.3) is 16.1 Å². The molecule has 6 nitrogen and oxygen atoms in total.